The van der Waals surface area contributed by atoms with Crippen LogP contribution in [0, 0.1) is 5.82 Å². The molecule has 0 atom stereocenters. The number of nitrogens with one attached hydrogen (secondary N) is 1. The third-order valence-electron chi connectivity index (χ3n) is 3.43. The molecule has 0 saturated heterocycles. The van der Waals surface area contributed by atoms with Gasteiger partial charge in [0.1, 0.15) is 18.1 Å². The minimum absolute atomic E-state index is 0.00531. The second-order valence-corrected chi connectivity index (χ2v) is 7.55. The highest BCUT2D eigenvalue weighted by molar-refractivity contribution is 7.92. The van der Waals surface area contributed by atoms with Crippen molar-refractivity contribution in [2.75, 3.05) is 29.0 Å². The fraction of sp³-hybridized carbons (Fsp3) is 0.278. The van der Waals surface area contributed by atoms with Crippen LogP contribution in [0.15, 0.2) is 48.5 Å². The van der Waals surface area contributed by atoms with Gasteiger partial charge in [-0.15, -0.1) is 0 Å². The number of halogens is 1. The van der Waals surface area contributed by atoms with Crippen molar-refractivity contribution < 1.29 is 22.3 Å². The molecule has 0 radical (unpaired) electrons. The summed E-state index contributed by atoms with van der Waals surface area (Å²) in [6.07, 6.45) is 1.86. The van der Waals surface area contributed by atoms with Crippen molar-refractivity contribution in [1.29, 1.82) is 0 Å². The summed E-state index contributed by atoms with van der Waals surface area (Å²) in [6, 6.07) is 12.1. The SMILES string of the molecule is CCCOc1ccc(N(CC(=O)Nc2ccccc2F)S(C)(=O)=O)cc1. The van der Waals surface area contributed by atoms with Crippen LogP contribution >= 0.6 is 0 Å². The molecule has 6 nitrogen and oxygen atoms in total. The van der Waals surface area contributed by atoms with Crippen molar-refractivity contribution in [3.8, 4) is 5.75 Å². The Hall–Kier alpha value is -2.61. The second-order valence-electron chi connectivity index (χ2n) is 5.64. The molecule has 0 heterocycles. The molecule has 1 N–H and O–H groups in total. The average Bonchev–Trinajstić information content (AvgIpc) is 2.59. The number of sulfonamides is 1. The van der Waals surface area contributed by atoms with Crippen molar-refractivity contribution in [3.05, 3.63) is 54.3 Å². The number of carbonyl (C=O) groups is 1. The third-order valence-corrected chi connectivity index (χ3v) is 4.57. The maximum absolute atomic E-state index is 13.6. The Kier molecular flexibility index (Phi) is 6.57. The topological polar surface area (TPSA) is 75.7 Å². The number of para-hydroxylation sites is 1. The van der Waals surface area contributed by atoms with Crippen molar-refractivity contribution in [2.24, 2.45) is 0 Å². The standard InChI is InChI=1S/C18H21FN2O4S/c1-3-12-25-15-10-8-14(9-11-15)21(26(2,23)24)13-18(22)20-17-7-5-4-6-16(17)19/h4-11H,3,12-13H2,1-2H3,(H,20,22). The van der Waals surface area contributed by atoms with Crippen molar-refractivity contribution in [2.45, 2.75) is 13.3 Å². The summed E-state index contributed by atoms with van der Waals surface area (Å²) in [6.45, 7) is 2.07. The van der Waals surface area contributed by atoms with Gasteiger partial charge in [-0.2, -0.15) is 0 Å². The highest BCUT2D eigenvalue weighted by atomic mass is 32.2. The van der Waals surface area contributed by atoms with Gasteiger partial charge in [-0.25, -0.2) is 12.8 Å². The van der Waals surface area contributed by atoms with Gasteiger partial charge in [0.25, 0.3) is 0 Å². The summed E-state index contributed by atoms with van der Waals surface area (Å²) in [4.78, 5) is 12.2. The fourth-order valence-corrected chi connectivity index (χ4v) is 3.07. The molecular formula is C18H21FN2O4S. The molecule has 2 aromatic carbocycles. The predicted molar refractivity (Wildman–Crippen MR) is 99.4 cm³/mol. The van der Waals surface area contributed by atoms with E-state index in [0.29, 0.717) is 18.0 Å². The Balaban J connectivity index is 2.15. The van der Waals surface area contributed by atoms with Gasteiger partial charge in [-0.3, -0.25) is 9.10 Å². The van der Waals surface area contributed by atoms with Crippen molar-refractivity contribution >= 4 is 27.3 Å². The first-order valence-corrected chi connectivity index (χ1v) is 9.91. The van der Waals surface area contributed by atoms with E-state index < -0.39 is 28.3 Å². The molecule has 2 rings (SSSR count). The van der Waals surface area contributed by atoms with E-state index in [-0.39, 0.29) is 5.69 Å². The van der Waals surface area contributed by atoms with Crippen molar-refractivity contribution in [1.82, 2.24) is 0 Å². The summed E-state index contributed by atoms with van der Waals surface area (Å²) < 4.78 is 44.2. The number of ether oxygens (including phenoxy) is 1. The molecule has 0 aliphatic carbocycles. The monoisotopic (exact) mass is 380 g/mol. The predicted octanol–water partition coefficient (Wildman–Crippen LogP) is 3.02. The van der Waals surface area contributed by atoms with Gasteiger partial charge >= 0.3 is 0 Å². The molecule has 8 heteroatoms. The smallest absolute Gasteiger partial charge is 0.245 e. The van der Waals surface area contributed by atoms with Gasteiger partial charge in [0, 0.05) is 0 Å². The van der Waals surface area contributed by atoms with Crippen LogP contribution < -0.4 is 14.4 Å². The summed E-state index contributed by atoms with van der Waals surface area (Å²) >= 11 is 0. The van der Waals surface area contributed by atoms with E-state index in [9.17, 15) is 17.6 Å². The van der Waals surface area contributed by atoms with Gasteiger partial charge in [0.05, 0.1) is 24.2 Å². The van der Waals surface area contributed by atoms with E-state index in [0.717, 1.165) is 17.0 Å². The van der Waals surface area contributed by atoms with Crippen LogP contribution in [0.5, 0.6) is 5.75 Å². The first-order chi connectivity index (χ1) is 12.3. The number of nitrogens with zero attached hydrogens (tertiary/aromatic N) is 1. The molecule has 0 saturated carbocycles. The minimum atomic E-state index is -3.71. The van der Waals surface area contributed by atoms with Gasteiger partial charge in [0.2, 0.25) is 15.9 Å². The Bertz CT molecular complexity index is 854. The molecule has 0 unspecified atom stereocenters. The maximum atomic E-state index is 13.6. The van der Waals surface area contributed by atoms with Crippen LogP contribution in [0.25, 0.3) is 0 Å². The van der Waals surface area contributed by atoms with E-state index in [1.54, 1.807) is 30.3 Å². The van der Waals surface area contributed by atoms with E-state index in [2.05, 4.69) is 5.32 Å². The Morgan fingerprint density at radius 3 is 2.38 bits per heavy atom. The third kappa shape index (κ3) is 5.45. The molecule has 26 heavy (non-hydrogen) atoms. The number of carbonyl (C=O) groups excluding carboxylic acids is 1. The second kappa shape index (κ2) is 8.66. The quantitative estimate of drug-likeness (QED) is 0.764. The zero-order valence-corrected chi connectivity index (χ0v) is 15.4. The number of benzene rings is 2. The maximum Gasteiger partial charge on any atom is 0.245 e. The number of hydrogen-bond donors (Lipinski definition) is 1. The molecule has 1 amide bonds. The molecule has 2 aromatic rings. The van der Waals surface area contributed by atoms with Crippen LogP contribution in [-0.4, -0.2) is 33.7 Å². The van der Waals surface area contributed by atoms with E-state index in [1.165, 1.54) is 18.2 Å². The van der Waals surface area contributed by atoms with Crippen LogP contribution in [-0.2, 0) is 14.8 Å². The molecular weight excluding hydrogens is 359 g/mol. The van der Waals surface area contributed by atoms with Crippen LogP contribution in [0.4, 0.5) is 15.8 Å². The van der Waals surface area contributed by atoms with E-state index >= 15 is 0 Å². The lowest BCUT2D eigenvalue weighted by molar-refractivity contribution is -0.114. The highest BCUT2D eigenvalue weighted by Crippen LogP contribution is 2.22. The molecule has 0 spiro atoms. The zero-order valence-electron chi connectivity index (χ0n) is 14.6. The normalized spacial score (nSPS) is 11.0. The number of amides is 1. The van der Waals surface area contributed by atoms with Crippen LogP contribution in [0.3, 0.4) is 0 Å². The molecule has 0 fully saturated rings. The number of anilines is 2. The zero-order chi connectivity index (χ0) is 19.2. The lowest BCUT2D eigenvalue weighted by Gasteiger charge is -2.22. The van der Waals surface area contributed by atoms with Crippen LogP contribution in [0.1, 0.15) is 13.3 Å². The Labute approximate surface area is 152 Å². The summed E-state index contributed by atoms with van der Waals surface area (Å²) in [7, 11) is -3.71. The van der Waals surface area contributed by atoms with Gasteiger partial charge in [-0.1, -0.05) is 19.1 Å². The molecule has 0 aliphatic rings. The lowest BCUT2D eigenvalue weighted by atomic mass is 10.3. The largest absolute Gasteiger partial charge is 0.494 e. The van der Waals surface area contributed by atoms with Gasteiger partial charge in [0.15, 0.2) is 0 Å². The molecule has 0 bridgehead atoms. The average molecular weight is 380 g/mol. The first-order valence-electron chi connectivity index (χ1n) is 8.06. The summed E-state index contributed by atoms with van der Waals surface area (Å²) in [5.74, 6) is -0.629. The summed E-state index contributed by atoms with van der Waals surface area (Å²) in [5.41, 5.74) is 0.314. The van der Waals surface area contributed by atoms with E-state index in [4.69, 9.17) is 4.74 Å². The van der Waals surface area contributed by atoms with E-state index in [1.807, 2.05) is 6.92 Å². The summed E-state index contributed by atoms with van der Waals surface area (Å²) in [5, 5.41) is 2.38. The number of hydrogen-bond acceptors (Lipinski definition) is 4. The molecule has 0 aromatic heterocycles. The molecule has 140 valence electrons. The van der Waals surface area contributed by atoms with Gasteiger partial charge in [-0.05, 0) is 42.8 Å². The lowest BCUT2D eigenvalue weighted by Crippen LogP contribution is -2.37. The minimum Gasteiger partial charge on any atom is -0.494 e. The van der Waals surface area contributed by atoms with Crippen LogP contribution in [0.2, 0.25) is 0 Å². The first kappa shape index (κ1) is 19.7. The fourth-order valence-electron chi connectivity index (χ4n) is 2.21. The Morgan fingerprint density at radius 2 is 1.81 bits per heavy atom. The van der Waals surface area contributed by atoms with Crippen molar-refractivity contribution in [3.63, 3.8) is 0 Å². The van der Waals surface area contributed by atoms with Gasteiger partial charge < -0.3 is 10.1 Å². The Morgan fingerprint density at radius 1 is 1.15 bits per heavy atom. The molecule has 0 aliphatic heterocycles. The number of rotatable bonds is 8. The highest BCUT2D eigenvalue weighted by Gasteiger charge is 2.21.